The van der Waals surface area contributed by atoms with Gasteiger partial charge in [-0.25, -0.2) is 4.79 Å². The lowest BCUT2D eigenvalue weighted by Gasteiger charge is -2.15. The summed E-state index contributed by atoms with van der Waals surface area (Å²) in [7, 11) is 1.54. The summed E-state index contributed by atoms with van der Waals surface area (Å²) in [6.07, 6.45) is 2.51. The van der Waals surface area contributed by atoms with Crippen LogP contribution >= 0.6 is 11.6 Å². The average Bonchev–Trinajstić information content (AvgIpc) is 2.94. The lowest BCUT2D eigenvalue weighted by molar-refractivity contribution is 0.249. The van der Waals surface area contributed by atoms with E-state index in [0.29, 0.717) is 23.0 Å². The number of carbonyl (C=O) groups excluding carboxylic acids is 1. The number of likely N-dealkylation sites (tertiary alicyclic amines) is 1. The first kappa shape index (κ1) is 14.9. The minimum Gasteiger partial charge on any atom is -0.495 e. The fourth-order valence-electron chi connectivity index (χ4n) is 2.27. The number of ether oxygens (including phenoxy) is 1. The van der Waals surface area contributed by atoms with E-state index in [4.69, 9.17) is 16.3 Å². The number of amides is 2. The zero-order chi connectivity index (χ0) is 14.4. The van der Waals surface area contributed by atoms with Gasteiger partial charge in [-0.3, -0.25) is 0 Å². The number of benzene rings is 1. The van der Waals surface area contributed by atoms with Gasteiger partial charge in [-0.1, -0.05) is 17.7 Å². The smallest absolute Gasteiger partial charge is 0.319 e. The predicted molar refractivity (Wildman–Crippen MR) is 80.7 cm³/mol. The van der Waals surface area contributed by atoms with Crippen molar-refractivity contribution in [3.63, 3.8) is 0 Å². The van der Waals surface area contributed by atoms with Gasteiger partial charge in [-0.15, -0.1) is 0 Å². The van der Waals surface area contributed by atoms with Gasteiger partial charge in [0.2, 0.25) is 0 Å². The van der Waals surface area contributed by atoms with Crippen molar-refractivity contribution < 1.29 is 9.53 Å². The molecule has 0 aromatic heterocycles. The van der Waals surface area contributed by atoms with Gasteiger partial charge >= 0.3 is 6.03 Å². The number of rotatable bonds is 5. The molecule has 1 saturated heterocycles. The Bertz CT molecular complexity index is 462. The molecular weight excluding hydrogens is 278 g/mol. The molecule has 0 unspecified atom stereocenters. The standard InChI is InChI=1S/C14H20ClN3O2/c1-20-12-6-4-5-11(13(12)15)17-14(19)16-7-10-18-8-2-3-9-18/h4-6H,2-3,7-10H2,1H3,(H2,16,17,19). The third-order valence-corrected chi connectivity index (χ3v) is 3.73. The minimum atomic E-state index is -0.251. The van der Waals surface area contributed by atoms with Crippen LogP contribution in [0.15, 0.2) is 18.2 Å². The number of anilines is 1. The molecule has 1 aliphatic rings. The van der Waals surface area contributed by atoms with E-state index in [-0.39, 0.29) is 6.03 Å². The Labute approximate surface area is 124 Å². The number of methoxy groups -OCH3 is 1. The average molecular weight is 298 g/mol. The molecule has 110 valence electrons. The molecule has 1 fully saturated rings. The summed E-state index contributed by atoms with van der Waals surface area (Å²) in [6.45, 7) is 3.78. The Balaban J connectivity index is 1.79. The normalized spacial score (nSPS) is 15.1. The third kappa shape index (κ3) is 4.02. The van der Waals surface area contributed by atoms with E-state index in [1.54, 1.807) is 25.3 Å². The second-order valence-corrected chi connectivity index (χ2v) is 5.13. The van der Waals surface area contributed by atoms with Crippen LogP contribution < -0.4 is 15.4 Å². The highest BCUT2D eigenvalue weighted by molar-refractivity contribution is 6.35. The van der Waals surface area contributed by atoms with Crippen molar-refractivity contribution in [2.24, 2.45) is 0 Å². The summed E-state index contributed by atoms with van der Waals surface area (Å²) in [5.74, 6) is 0.543. The number of nitrogens with one attached hydrogen (secondary N) is 2. The molecule has 0 aliphatic carbocycles. The van der Waals surface area contributed by atoms with Crippen LogP contribution in [0.3, 0.4) is 0 Å². The molecule has 5 nitrogen and oxygen atoms in total. The van der Waals surface area contributed by atoms with E-state index < -0.39 is 0 Å². The van der Waals surface area contributed by atoms with Crippen LogP contribution in [0.5, 0.6) is 5.75 Å². The van der Waals surface area contributed by atoms with Crippen LogP contribution in [0, 0.1) is 0 Å². The molecule has 0 spiro atoms. The van der Waals surface area contributed by atoms with E-state index in [1.807, 2.05) is 0 Å². The quantitative estimate of drug-likeness (QED) is 0.878. The van der Waals surface area contributed by atoms with Crippen molar-refractivity contribution in [2.45, 2.75) is 12.8 Å². The monoisotopic (exact) mass is 297 g/mol. The van der Waals surface area contributed by atoms with Crippen LogP contribution in [-0.2, 0) is 0 Å². The Kier molecular flexibility index (Phi) is 5.49. The Morgan fingerprint density at radius 2 is 2.15 bits per heavy atom. The number of hydrogen-bond donors (Lipinski definition) is 2. The van der Waals surface area contributed by atoms with Crippen LogP contribution in [0.25, 0.3) is 0 Å². The van der Waals surface area contributed by atoms with Gasteiger partial charge in [-0.2, -0.15) is 0 Å². The molecule has 1 aromatic rings. The van der Waals surface area contributed by atoms with E-state index in [1.165, 1.54) is 12.8 Å². The summed E-state index contributed by atoms with van der Waals surface area (Å²) in [5.41, 5.74) is 0.546. The largest absolute Gasteiger partial charge is 0.495 e. The van der Waals surface area contributed by atoms with Crippen molar-refractivity contribution in [3.8, 4) is 5.75 Å². The number of urea groups is 1. The highest BCUT2D eigenvalue weighted by Crippen LogP contribution is 2.31. The van der Waals surface area contributed by atoms with Gasteiger partial charge in [0.15, 0.2) is 0 Å². The van der Waals surface area contributed by atoms with Crippen LogP contribution in [0.4, 0.5) is 10.5 Å². The second-order valence-electron chi connectivity index (χ2n) is 4.75. The lowest BCUT2D eigenvalue weighted by Crippen LogP contribution is -2.36. The highest BCUT2D eigenvalue weighted by atomic mass is 35.5. The predicted octanol–water partition coefficient (Wildman–Crippen LogP) is 2.57. The fourth-order valence-corrected chi connectivity index (χ4v) is 2.52. The summed E-state index contributed by atoms with van der Waals surface area (Å²) in [4.78, 5) is 14.1. The zero-order valence-electron chi connectivity index (χ0n) is 11.6. The first-order valence-electron chi connectivity index (χ1n) is 6.80. The van der Waals surface area contributed by atoms with Crippen molar-refractivity contribution in [1.82, 2.24) is 10.2 Å². The Hall–Kier alpha value is -1.46. The molecule has 0 atom stereocenters. The van der Waals surface area contributed by atoms with E-state index in [9.17, 15) is 4.79 Å². The van der Waals surface area contributed by atoms with E-state index >= 15 is 0 Å². The molecule has 20 heavy (non-hydrogen) atoms. The van der Waals surface area contributed by atoms with Crippen molar-refractivity contribution >= 4 is 23.3 Å². The SMILES string of the molecule is COc1cccc(NC(=O)NCCN2CCCC2)c1Cl. The number of halogens is 1. The fraction of sp³-hybridized carbons (Fsp3) is 0.500. The Morgan fingerprint density at radius 1 is 1.40 bits per heavy atom. The molecule has 2 N–H and O–H groups in total. The van der Waals surface area contributed by atoms with Crippen molar-refractivity contribution in [2.75, 3.05) is 38.6 Å². The Morgan fingerprint density at radius 3 is 2.85 bits per heavy atom. The molecule has 1 heterocycles. The molecule has 2 amide bonds. The van der Waals surface area contributed by atoms with Crippen molar-refractivity contribution in [1.29, 1.82) is 0 Å². The molecule has 1 aromatic carbocycles. The van der Waals surface area contributed by atoms with Gasteiger partial charge in [-0.05, 0) is 38.1 Å². The topological polar surface area (TPSA) is 53.6 Å². The first-order chi connectivity index (χ1) is 9.70. The maximum absolute atomic E-state index is 11.8. The van der Waals surface area contributed by atoms with Gasteiger partial charge in [0.1, 0.15) is 10.8 Å². The minimum absolute atomic E-state index is 0.251. The molecule has 0 saturated carbocycles. The zero-order valence-corrected chi connectivity index (χ0v) is 12.4. The van der Waals surface area contributed by atoms with Gasteiger partial charge in [0, 0.05) is 13.1 Å². The number of carbonyl (C=O) groups is 1. The summed E-state index contributed by atoms with van der Waals surface area (Å²) in [6, 6.07) is 5.02. The maximum atomic E-state index is 11.8. The summed E-state index contributed by atoms with van der Waals surface area (Å²) >= 11 is 6.11. The first-order valence-corrected chi connectivity index (χ1v) is 7.18. The van der Waals surface area contributed by atoms with Crippen molar-refractivity contribution in [3.05, 3.63) is 23.2 Å². The molecule has 0 radical (unpaired) electrons. The van der Waals surface area contributed by atoms with Crippen LogP contribution in [0.1, 0.15) is 12.8 Å². The van der Waals surface area contributed by atoms with Crippen LogP contribution in [-0.4, -0.2) is 44.2 Å². The number of hydrogen-bond acceptors (Lipinski definition) is 3. The molecule has 6 heteroatoms. The van der Waals surface area contributed by atoms with Gasteiger partial charge < -0.3 is 20.3 Å². The molecule has 2 rings (SSSR count). The summed E-state index contributed by atoms with van der Waals surface area (Å²) in [5, 5.41) is 5.97. The highest BCUT2D eigenvalue weighted by Gasteiger charge is 2.12. The van der Waals surface area contributed by atoms with Gasteiger partial charge in [0.25, 0.3) is 0 Å². The van der Waals surface area contributed by atoms with E-state index in [0.717, 1.165) is 19.6 Å². The van der Waals surface area contributed by atoms with Crippen LogP contribution in [0.2, 0.25) is 5.02 Å². The summed E-state index contributed by atoms with van der Waals surface area (Å²) < 4.78 is 5.11. The third-order valence-electron chi connectivity index (χ3n) is 3.34. The van der Waals surface area contributed by atoms with E-state index in [2.05, 4.69) is 15.5 Å². The second kappa shape index (κ2) is 7.36. The molecule has 0 bridgehead atoms. The molecular formula is C14H20ClN3O2. The molecule has 1 aliphatic heterocycles. The number of nitrogens with zero attached hydrogens (tertiary/aromatic N) is 1. The van der Waals surface area contributed by atoms with Gasteiger partial charge in [0.05, 0.1) is 12.8 Å². The maximum Gasteiger partial charge on any atom is 0.319 e. The lowest BCUT2D eigenvalue weighted by atomic mass is 10.3.